The minimum absolute atomic E-state index is 0.361. The summed E-state index contributed by atoms with van der Waals surface area (Å²) in [6.45, 7) is 13.7. The Morgan fingerprint density at radius 3 is 2.14 bits per heavy atom. The lowest BCUT2D eigenvalue weighted by atomic mass is 10.1. The molecule has 0 spiro atoms. The molecule has 1 nitrogen and oxygen atoms in total. The first kappa shape index (κ1) is 6.23. The molecule has 0 unspecified atom stereocenters. The van der Waals surface area contributed by atoms with Crippen molar-refractivity contribution in [1.82, 2.24) is 0 Å². The zero-order valence-corrected chi connectivity index (χ0v) is 4.73. The van der Waals surface area contributed by atoms with Crippen LogP contribution in [-0.2, 0) is 0 Å². The zero-order chi connectivity index (χ0) is 5.91. The first-order valence-electron chi connectivity index (χ1n) is 2.14. The van der Waals surface area contributed by atoms with Gasteiger partial charge in [-0.25, -0.2) is 6.57 Å². The molecule has 0 aromatic heterocycles. The van der Waals surface area contributed by atoms with Crippen LogP contribution in [-0.4, -0.2) is 5.54 Å². The maximum absolute atomic E-state index is 6.56. The van der Waals surface area contributed by atoms with Crippen molar-refractivity contribution in [2.45, 2.75) is 19.4 Å². The maximum atomic E-state index is 6.56. The van der Waals surface area contributed by atoms with Crippen molar-refractivity contribution < 1.29 is 0 Å². The molecule has 0 saturated heterocycles. The molecule has 0 aromatic carbocycles. The molecule has 0 N–H and O–H groups in total. The fraction of sp³-hybridized carbons (Fsp3) is 0.500. The van der Waals surface area contributed by atoms with E-state index >= 15 is 0 Å². The second-order valence-electron chi connectivity index (χ2n) is 1.97. The van der Waals surface area contributed by atoms with Crippen LogP contribution in [0.4, 0.5) is 0 Å². The molecule has 0 bridgehead atoms. The average Bonchev–Trinajstić information content (AvgIpc) is 1.68. The van der Waals surface area contributed by atoms with Gasteiger partial charge in [-0.05, 0) is 6.08 Å². The molecule has 0 aliphatic carbocycles. The molecule has 0 aliphatic heterocycles. The molecular formula is C6H9N. The van der Waals surface area contributed by atoms with Gasteiger partial charge in [-0.2, -0.15) is 0 Å². The summed E-state index contributed by atoms with van der Waals surface area (Å²) >= 11 is 0. The summed E-state index contributed by atoms with van der Waals surface area (Å²) in [6, 6.07) is 0. The lowest BCUT2D eigenvalue weighted by Gasteiger charge is -1.99. The van der Waals surface area contributed by atoms with E-state index in [4.69, 9.17) is 6.57 Å². The first-order valence-corrected chi connectivity index (χ1v) is 2.14. The SMILES string of the molecule is [C-]#[N+]C(C)(C)C=C. The van der Waals surface area contributed by atoms with Gasteiger partial charge in [-0.15, -0.1) is 0 Å². The quantitative estimate of drug-likeness (QED) is 0.346. The van der Waals surface area contributed by atoms with Crippen LogP contribution in [0.5, 0.6) is 0 Å². The molecule has 0 atom stereocenters. The Balaban J connectivity index is 3.91. The minimum Gasteiger partial charge on any atom is -0.307 e. The van der Waals surface area contributed by atoms with Gasteiger partial charge >= 0.3 is 0 Å². The van der Waals surface area contributed by atoms with Crippen molar-refractivity contribution in [3.63, 3.8) is 0 Å². The summed E-state index contributed by atoms with van der Waals surface area (Å²) in [7, 11) is 0. The fourth-order valence-corrected chi connectivity index (χ4v) is 0.0456. The molecular weight excluding hydrogens is 86.1 g/mol. The molecule has 0 radical (unpaired) electrons. The van der Waals surface area contributed by atoms with Crippen molar-refractivity contribution in [3.05, 3.63) is 24.1 Å². The Bertz CT molecular complexity index is 106. The molecule has 0 heterocycles. The summed E-state index contributed by atoms with van der Waals surface area (Å²) in [5.74, 6) is 0. The third-order valence-electron chi connectivity index (χ3n) is 0.788. The van der Waals surface area contributed by atoms with Crippen LogP contribution < -0.4 is 0 Å². The third-order valence-corrected chi connectivity index (χ3v) is 0.788. The smallest absolute Gasteiger partial charge is 0.245 e. The summed E-state index contributed by atoms with van der Waals surface area (Å²) in [5, 5.41) is 0. The average molecular weight is 95.1 g/mol. The van der Waals surface area contributed by atoms with Gasteiger partial charge in [0.1, 0.15) is 0 Å². The summed E-state index contributed by atoms with van der Waals surface area (Å²) in [5.41, 5.74) is -0.361. The van der Waals surface area contributed by atoms with E-state index in [0.717, 1.165) is 0 Å². The molecule has 0 aromatic rings. The molecule has 1 heteroatoms. The van der Waals surface area contributed by atoms with Crippen LogP contribution in [0.1, 0.15) is 13.8 Å². The van der Waals surface area contributed by atoms with E-state index in [9.17, 15) is 0 Å². The van der Waals surface area contributed by atoms with E-state index in [0.29, 0.717) is 0 Å². The van der Waals surface area contributed by atoms with Crippen molar-refractivity contribution >= 4 is 0 Å². The van der Waals surface area contributed by atoms with E-state index in [2.05, 4.69) is 11.4 Å². The largest absolute Gasteiger partial charge is 0.307 e. The van der Waals surface area contributed by atoms with Gasteiger partial charge in [-0.3, -0.25) is 0 Å². The van der Waals surface area contributed by atoms with Gasteiger partial charge in [-0.1, -0.05) is 6.58 Å². The van der Waals surface area contributed by atoms with Gasteiger partial charge < -0.3 is 4.85 Å². The van der Waals surface area contributed by atoms with Crippen LogP contribution in [0.25, 0.3) is 4.85 Å². The van der Waals surface area contributed by atoms with Gasteiger partial charge in [0.15, 0.2) is 0 Å². The molecule has 0 amide bonds. The molecule has 0 aliphatic rings. The second-order valence-corrected chi connectivity index (χ2v) is 1.97. The van der Waals surface area contributed by atoms with Crippen molar-refractivity contribution in [1.29, 1.82) is 0 Å². The Morgan fingerprint density at radius 2 is 2.14 bits per heavy atom. The number of hydrogen-bond donors (Lipinski definition) is 0. The number of nitrogens with zero attached hydrogens (tertiary/aromatic N) is 1. The Labute approximate surface area is 44.5 Å². The van der Waals surface area contributed by atoms with Gasteiger partial charge in [0.05, 0.1) is 0 Å². The number of hydrogen-bond acceptors (Lipinski definition) is 0. The van der Waals surface area contributed by atoms with Crippen molar-refractivity contribution in [3.8, 4) is 0 Å². The Hall–Kier alpha value is -0.770. The molecule has 0 fully saturated rings. The predicted octanol–water partition coefficient (Wildman–Crippen LogP) is 1.87. The van der Waals surface area contributed by atoms with E-state index in [1.165, 1.54) is 0 Å². The van der Waals surface area contributed by atoms with Crippen LogP contribution in [0, 0.1) is 6.57 Å². The van der Waals surface area contributed by atoms with Gasteiger partial charge in [0, 0.05) is 13.8 Å². The molecule has 7 heavy (non-hydrogen) atoms. The molecule has 0 rings (SSSR count). The molecule has 38 valence electrons. The monoisotopic (exact) mass is 95.1 g/mol. The van der Waals surface area contributed by atoms with Crippen LogP contribution in [0.2, 0.25) is 0 Å². The van der Waals surface area contributed by atoms with Crippen LogP contribution in [0.3, 0.4) is 0 Å². The molecule has 0 saturated carbocycles. The highest BCUT2D eigenvalue weighted by Gasteiger charge is 2.14. The lowest BCUT2D eigenvalue weighted by Crippen LogP contribution is -2.06. The predicted molar refractivity (Wildman–Crippen MR) is 30.9 cm³/mol. The summed E-state index contributed by atoms with van der Waals surface area (Å²) in [4.78, 5) is 3.27. The van der Waals surface area contributed by atoms with Gasteiger partial charge in [0.2, 0.25) is 5.54 Å². The highest BCUT2D eigenvalue weighted by Crippen LogP contribution is 2.07. The normalized spacial score (nSPS) is 9.86. The van der Waals surface area contributed by atoms with Crippen LogP contribution >= 0.6 is 0 Å². The lowest BCUT2D eigenvalue weighted by molar-refractivity contribution is 0.776. The third kappa shape index (κ3) is 1.99. The van der Waals surface area contributed by atoms with E-state index < -0.39 is 0 Å². The second kappa shape index (κ2) is 1.79. The maximum Gasteiger partial charge on any atom is 0.245 e. The minimum atomic E-state index is -0.361. The fourth-order valence-electron chi connectivity index (χ4n) is 0.0456. The highest BCUT2D eigenvalue weighted by molar-refractivity contribution is 5.04. The Kier molecular flexibility index (Phi) is 1.59. The van der Waals surface area contributed by atoms with E-state index in [-0.39, 0.29) is 5.54 Å². The van der Waals surface area contributed by atoms with E-state index in [1.807, 2.05) is 13.8 Å². The van der Waals surface area contributed by atoms with E-state index in [1.54, 1.807) is 6.08 Å². The standard InChI is InChI=1S/C6H9N/c1-5-6(2,3)7-4/h5H,1H2,2-3H3. The van der Waals surface area contributed by atoms with Crippen molar-refractivity contribution in [2.75, 3.05) is 0 Å². The van der Waals surface area contributed by atoms with Gasteiger partial charge in [0.25, 0.3) is 0 Å². The number of rotatable bonds is 1. The summed E-state index contributed by atoms with van der Waals surface area (Å²) in [6.07, 6.45) is 1.64. The zero-order valence-electron chi connectivity index (χ0n) is 4.73. The first-order chi connectivity index (χ1) is 3.12. The highest BCUT2D eigenvalue weighted by atomic mass is 14.7. The van der Waals surface area contributed by atoms with Crippen molar-refractivity contribution in [2.24, 2.45) is 0 Å². The Morgan fingerprint density at radius 1 is 1.71 bits per heavy atom. The summed E-state index contributed by atoms with van der Waals surface area (Å²) < 4.78 is 0. The topological polar surface area (TPSA) is 4.36 Å². The van der Waals surface area contributed by atoms with Crippen LogP contribution in [0.15, 0.2) is 12.7 Å².